The topological polar surface area (TPSA) is 737 Å². The molecule has 0 saturated carbocycles. The second-order valence-electron chi connectivity index (χ2n) is 32.8. The van der Waals surface area contributed by atoms with E-state index in [-0.39, 0.29) is 122 Å². The molecule has 1 unspecified atom stereocenters. The van der Waals surface area contributed by atoms with Gasteiger partial charge in [-0.05, 0) is 105 Å². The Morgan fingerprint density at radius 3 is 0.924 bits per heavy atom. The number of aromatic hydroxyl groups is 1. The highest BCUT2D eigenvalue weighted by Gasteiger charge is 2.32. The number of fused-ring (bicyclic) bond motifs is 5. The third-order valence-electron chi connectivity index (χ3n) is 17.8. The quantitative estimate of drug-likeness (QED) is 0.00729. The average molecular weight is 2180 g/mol. The van der Waals surface area contributed by atoms with Crippen molar-refractivity contribution in [2.45, 2.75) is 132 Å². The number of phenolic OH excluding ortho intramolecular Hbond substituents is 1. The fourth-order valence-electron chi connectivity index (χ4n) is 11.2. The molecule has 0 amide bonds. The van der Waals surface area contributed by atoms with Crippen LogP contribution in [0.3, 0.4) is 0 Å². The summed E-state index contributed by atoms with van der Waals surface area (Å²) >= 11 is 5.92. The fraction of sp³-hybridized carbons (Fsp3) is 0.442. The van der Waals surface area contributed by atoms with E-state index < -0.39 is 61.3 Å². The third kappa shape index (κ3) is 47.7. The Labute approximate surface area is 858 Å². The Balaban J connectivity index is 0.000000452. The number of nitrogens with zero attached hydrogens (tertiary/aromatic N) is 20. The number of phenols is 1. The number of carbonyl (C=O) groups excluding carboxylic acids is 3. The van der Waals surface area contributed by atoms with Crippen molar-refractivity contribution in [1.29, 1.82) is 0 Å². The molecule has 51 nitrogen and oxygen atoms in total. The van der Waals surface area contributed by atoms with Crippen LogP contribution in [0.25, 0.3) is 55.8 Å². The van der Waals surface area contributed by atoms with E-state index in [0.29, 0.717) is 175 Å². The van der Waals surface area contributed by atoms with Gasteiger partial charge in [-0.3, -0.25) is 28.1 Å². The van der Waals surface area contributed by atoms with Crippen LogP contribution in [0.4, 0.5) is 53.0 Å². The number of rotatable bonds is 48. The monoisotopic (exact) mass is 2180 g/mol. The number of benzene rings is 2. The van der Waals surface area contributed by atoms with E-state index in [2.05, 4.69) is 138 Å². The third-order valence-corrected chi connectivity index (χ3v) is 24.1. The number of para-hydroxylation sites is 2. The molecular formula is C86H138Cl3N34O17P5. The van der Waals surface area contributed by atoms with Crippen LogP contribution in [-0.2, 0) is 93.6 Å². The van der Waals surface area contributed by atoms with Gasteiger partial charge in [-0.2, -0.15) is 49.8 Å². The lowest BCUT2D eigenvalue weighted by molar-refractivity contribution is -0.119. The van der Waals surface area contributed by atoms with E-state index in [1.807, 2.05) is 44.4 Å². The van der Waals surface area contributed by atoms with Gasteiger partial charge in [0.25, 0.3) is 0 Å². The van der Waals surface area contributed by atoms with Crippen molar-refractivity contribution in [3.8, 4) is 11.5 Å². The van der Waals surface area contributed by atoms with E-state index >= 15 is 0 Å². The Bertz CT molecular complexity index is 6170. The van der Waals surface area contributed by atoms with Gasteiger partial charge in [-0.15, -0.1) is 51.1 Å². The first kappa shape index (κ1) is 128. The summed E-state index contributed by atoms with van der Waals surface area (Å²) in [5.41, 5.74) is 44.4. The van der Waals surface area contributed by atoms with Crippen molar-refractivity contribution in [1.82, 2.24) is 113 Å². The number of hydrogen-bond acceptors (Lipinski definition) is 41. The summed E-state index contributed by atoms with van der Waals surface area (Å²) in [6.07, 6.45) is 14.3. The van der Waals surface area contributed by atoms with Crippen LogP contribution in [-0.4, -0.2) is 278 Å². The molecule has 0 saturated heterocycles. The summed E-state index contributed by atoms with van der Waals surface area (Å²) in [6.45, 7) is 43.7. The van der Waals surface area contributed by atoms with E-state index in [0.717, 1.165) is 0 Å². The smallest absolute Gasteiger partial charge is 0.350 e. The molecule has 24 N–H and O–H groups in total. The number of halogens is 3. The number of nitrogen functional groups attached to an aromatic ring is 5. The van der Waals surface area contributed by atoms with Crippen LogP contribution < -0.4 is 81.2 Å². The van der Waals surface area contributed by atoms with Crippen molar-refractivity contribution in [3.05, 3.63) is 148 Å². The minimum Gasteiger partial charge on any atom is -0.508 e. The van der Waals surface area contributed by atoms with Gasteiger partial charge in [0.05, 0.1) is 95.5 Å². The lowest BCUT2D eigenvalue weighted by atomic mass is 10.3. The van der Waals surface area contributed by atoms with Crippen LogP contribution >= 0.6 is 73.3 Å². The molecule has 0 radical (unpaired) electrons. The lowest BCUT2D eigenvalue weighted by Gasteiger charge is -2.26. The number of nitrogens with one attached hydrogen (secondary N) is 7. The van der Waals surface area contributed by atoms with Gasteiger partial charge in [0.15, 0.2) is 78.7 Å². The molecule has 0 aliphatic heterocycles. The molecule has 10 heterocycles. The fourth-order valence-corrected chi connectivity index (χ4v) is 16.9. The highest BCUT2D eigenvalue weighted by atomic mass is 35.5. The van der Waals surface area contributed by atoms with Crippen LogP contribution in [0.1, 0.15) is 69.2 Å². The minimum atomic E-state index is -4.16. The zero-order valence-electron chi connectivity index (χ0n) is 83.6. The SMILES string of the molecule is C=CCNc1nc(N)nc2c1ncn2CCOCP(=O)(N[C@@H](C)C(C)=O)N[C@@H](C)C(C)=O.C=CCNc1nc(N)nc2c1ncn2CCOCP(=O)(N[C@@H](C)C(C)=O)Oc1ccccc1.C=CCNc1nc(N)nc2c1ncn2CCOCP(=O)(O)O.C=CCNc1nc(N)nc2c1ncn2CCOCP(C)(C)=O.CC(C)N.CC(C)N.CP(C)(=O)COCCn1cnc2c(Cl)nc(N)nc21.Cl.Cl.Oc1ccccc1. The first-order chi connectivity index (χ1) is 67.4. The van der Waals surface area contributed by atoms with Gasteiger partial charge in [-0.1, -0.05) is 100.0 Å². The van der Waals surface area contributed by atoms with Crippen LogP contribution in [0.5, 0.6) is 11.5 Å². The number of carbonyl (C=O) groups is 3. The van der Waals surface area contributed by atoms with Crippen molar-refractivity contribution in [3.63, 3.8) is 0 Å². The van der Waals surface area contributed by atoms with Crippen LogP contribution in [0.15, 0.2) is 143 Å². The van der Waals surface area contributed by atoms with Gasteiger partial charge in [0.2, 0.25) is 37.2 Å². The maximum Gasteiger partial charge on any atom is 0.350 e. The summed E-state index contributed by atoms with van der Waals surface area (Å²) in [7, 11) is -15.4. The van der Waals surface area contributed by atoms with Gasteiger partial charge in [-0.25, -0.2) is 40.2 Å². The number of ether oxygens (including phenoxy) is 5. The molecule has 59 heteroatoms. The van der Waals surface area contributed by atoms with Crippen LogP contribution in [0, 0.1) is 0 Å². The van der Waals surface area contributed by atoms with Gasteiger partial charge in [0.1, 0.15) is 67.7 Å². The standard InChI is InChI=1S/C21H28N7O4P.C19H31N8O4P.C13H21N6O2P.C11H17N6O4P.C10H15ClN5O2P.C6H6O.2C3H9N.2ClH/c1-4-10-23-19-18-20(26-21(22)25-19)28(13-24-18)11-12-31-14-33(30,27-15(2)16(3)29)32-17-8-6-5-7-9-17;1-6-7-21-17-16-18(24-19(20)23-17)27(10-22-16)8-9-31-11-32(30,25-12(2)14(4)28)26-13(3)15(5)29;1-4-5-15-11-10-12(18-13(14)17-11)19(8-16-10)6-7-21-9-22(2,3)20;1-2-3-13-9-8-10(16-11(12)15-9)17(6-14-8)4-5-21-7-22(18,19)20;1-19(2,17)6-18-4-3-16-5-13-7-8(11)14-10(12)15-9(7)16;7-6-4-2-1-3-5-6;2*1-3(2)4;;/h4-9,13,15H,1,10-12,14H2,2-3H3,(H,27,30)(H3,22,23,25,26);6,10,12-13H,1,7-9,11H2,2-5H3,(H2,25,26,30)(H3,20,21,23,24);4,8H,1,5-7,9H2,2-3H3,(H3,14,15,17,18);2,6H,1,3-5,7H2,(H2,18,19,20)(H3,12,13,15,16);5H,3-4,6H2,1-2H3,(H2,12,14,15);1-5,7H;2*3H,4H2,1-2H3;2*1H/t15-,33?;12-,13-;;;;;;;;/m00......../s1. The van der Waals surface area contributed by atoms with Crippen molar-refractivity contribution in [2.75, 3.05) is 168 Å². The molecule has 10 aromatic heterocycles. The Morgan fingerprint density at radius 2 is 0.655 bits per heavy atom. The molecule has 12 aromatic rings. The average Bonchev–Trinajstić information content (AvgIpc) is 1.66. The molecule has 145 heavy (non-hydrogen) atoms. The summed E-state index contributed by atoms with van der Waals surface area (Å²) in [6, 6.07) is 16.1. The number of nitrogens with two attached hydrogens (primary N) is 7. The predicted octanol–water partition coefficient (Wildman–Crippen LogP) is 10.5. The molecule has 0 fully saturated rings. The normalized spacial score (nSPS) is 12.2. The lowest BCUT2D eigenvalue weighted by Crippen LogP contribution is -2.40. The summed E-state index contributed by atoms with van der Waals surface area (Å²) in [5.74, 6) is 2.90. The number of imidazole rings is 5. The zero-order chi connectivity index (χ0) is 106. The first-order valence-electron chi connectivity index (χ1n) is 44.4. The van der Waals surface area contributed by atoms with E-state index in [1.54, 1.807) is 170 Å². The number of anilines is 9. The molecule has 4 atom stereocenters. The Kier molecular flexibility index (Phi) is 56.2. The minimum absolute atomic E-state index is 0. The molecule has 800 valence electrons. The van der Waals surface area contributed by atoms with Gasteiger partial charge < -0.3 is 136 Å². The van der Waals surface area contributed by atoms with Crippen molar-refractivity contribution < 1.29 is 80.3 Å². The molecule has 0 bridgehead atoms. The highest BCUT2D eigenvalue weighted by molar-refractivity contribution is 7.62. The largest absolute Gasteiger partial charge is 0.508 e. The second kappa shape index (κ2) is 63.8. The van der Waals surface area contributed by atoms with Crippen molar-refractivity contribution in [2.24, 2.45) is 11.5 Å². The second-order valence-corrected chi connectivity index (χ2v) is 45.9. The Hall–Kier alpha value is -11.5. The molecule has 0 aliphatic carbocycles. The van der Waals surface area contributed by atoms with Gasteiger partial charge in [0, 0.05) is 58.9 Å². The van der Waals surface area contributed by atoms with Gasteiger partial charge >= 0.3 is 15.1 Å². The number of aromatic nitrogens is 20. The molecular weight excluding hydrogens is 2040 g/mol. The molecule has 0 spiro atoms. The maximum atomic E-state index is 13.4. The maximum absolute atomic E-state index is 13.4. The zero-order valence-corrected chi connectivity index (χ0v) is 90.5. The summed E-state index contributed by atoms with van der Waals surface area (Å²) in [5, 5.41) is 29.5. The molecule has 2 aromatic carbocycles. The number of ketones is 3. The summed E-state index contributed by atoms with van der Waals surface area (Å²) < 4.78 is 102. The molecule has 0 aliphatic rings. The highest BCUT2D eigenvalue weighted by Crippen LogP contribution is 2.44. The van der Waals surface area contributed by atoms with E-state index in [9.17, 15) is 37.2 Å². The number of hydrogen-bond donors (Lipinski definition) is 17. The first-order valence-corrected chi connectivity index (χ1v) is 55.9. The van der Waals surface area contributed by atoms with Crippen LogP contribution in [0.2, 0.25) is 5.15 Å². The summed E-state index contributed by atoms with van der Waals surface area (Å²) in [4.78, 5) is 115. The Morgan fingerprint density at radius 1 is 0.400 bits per heavy atom. The van der Waals surface area contributed by atoms with Crippen molar-refractivity contribution >= 4 is 199 Å². The molecule has 12 rings (SSSR count). The van der Waals surface area contributed by atoms with E-state index in [4.69, 9.17) is 94.8 Å². The number of Topliss-reactive ketones (excluding diaryl/α,β-unsaturated/α-hetero) is 3. The predicted molar refractivity (Wildman–Crippen MR) is 577 cm³/mol. The van der Waals surface area contributed by atoms with E-state index in [1.165, 1.54) is 20.8 Å².